The van der Waals surface area contributed by atoms with Gasteiger partial charge in [-0.2, -0.15) is 10.5 Å². The molecule has 5 aliphatic rings. The summed E-state index contributed by atoms with van der Waals surface area (Å²) in [6, 6.07) is 4.91. The molecule has 0 amide bonds. The molecule has 0 aromatic rings. The second-order valence-electron chi connectivity index (χ2n) is 14.5. The van der Waals surface area contributed by atoms with Crippen LogP contribution in [-0.4, -0.2) is 11.6 Å². The highest BCUT2D eigenvalue weighted by Gasteiger charge is 2.69. The molecule has 5 aliphatic carbocycles. The van der Waals surface area contributed by atoms with E-state index in [4.69, 9.17) is 0 Å². The molecule has 0 aromatic heterocycles. The van der Waals surface area contributed by atoms with E-state index in [2.05, 4.69) is 46.8 Å². The van der Waals surface area contributed by atoms with Gasteiger partial charge in [0.15, 0.2) is 11.6 Å². The molecular formula is C31H40N2O2. The van der Waals surface area contributed by atoms with Gasteiger partial charge in [-0.05, 0) is 79.1 Å². The lowest BCUT2D eigenvalue weighted by Crippen LogP contribution is -2.64. The first-order valence-electron chi connectivity index (χ1n) is 13.5. The zero-order chi connectivity index (χ0) is 25.8. The van der Waals surface area contributed by atoms with Gasteiger partial charge < -0.3 is 0 Å². The van der Waals surface area contributed by atoms with Crippen molar-refractivity contribution in [1.82, 2.24) is 0 Å². The molecule has 35 heavy (non-hydrogen) atoms. The molecule has 0 saturated heterocycles. The molecule has 0 aliphatic heterocycles. The lowest BCUT2D eigenvalue weighted by Gasteiger charge is -2.68. The van der Waals surface area contributed by atoms with Crippen molar-refractivity contribution in [3.63, 3.8) is 0 Å². The molecule has 186 valence electrons. The maximum absolute atomic E-state index is 14.2. The topological polar surface area (TPSA) is 81.7 Å². The Kier molecular flexibility index (Phi) is 4.88. The zero-order valence-corrected chi connectivity index (χ0v) is 22.5. The number of nitriles is 2. The Morgan fingerprint density at radius 3 is 2.20 bits per heavy atom. The van der Waals surface area contributed by atoms with Crippen molar-refractivity contribution in [2.45, 2.75) is 93.4 Å². The molecular weight excluding hydrogens is 432 g/mol. The molecule has 0 spiro atoms. The summed E-state index contributed by atoms with van der Waals surface area (Å²) in [6.45, 7) is 15.4. The van der Waals surface area contributed by atoms with Crippen molar-refractivity contribution in [2.24, 2.45) is 50.2 Å². The monoisotopic (exact) mass is 472 g/mol. The van der Waals surface area contributed by atoms with Crippen LogP contribution < -0.4 is 0 Å². The molecule has 4 heteroatoms. The second kappa shape index (κ2) is 6.97. The highest BCUT2D eigenvalue weighted by atomic mass is 16.1. The highest BCUT2D eigenvalue weighted by Crippen LogP contribution is 2.74. The van der Waals surface area contributed by atoms with Gasteiger partial charge >= 0.3 is 0 Å². The molecule has 5 rings (SSSR count). The predicted molar refractivity (Wildman–Crippen MR) is 135 cm³/mol. The number of ketones is 2. The maximum Gasteiger partial charge on any atom is 0.178 e. The minimum atomic E-state index is -0.645. The van der Waals surface area contributed by atoms with Crippen LogP contribution in [0.15, 0.2) is 23.3 Å². The molecule has 3 fully saturated rings. The third-order valence-corrected chi connectivity index (χ3v) is 12.1. The van der Waals surface area contributed by atoms with Crippen LogP contribution in [0.4, 0.5) is 0 Å². The van der Waals surface area contributed by atoms with Crippen LogP contribution in [0.5, 0.6) is 0 Å². The second-order valence-corrected chi connectivity index (χ2v) is 14.5. The van der Waals surface area contributed by atoms with Crippen LogP contribution in [0.1, 0.15) is 93.4 Å². The fourth-order valence-corrected chi connectivity index (χ4v) is 9.83. The number of allylic oxidation sites excluding steroid dienone is 4. The summed E-state index contributed by atoms with van der Waals surface area (Å²) >= 11 is 0. The van der Waals surface area contributed by atoms with E-state index in [-0.39, 0.29) is 51.1 Å². The summed E-state index contributed by atoms with van der Waals surface area (Å²) in [7, 11) is 0. The highest BCUT2D eigenvalue weighted by molar-refractivity contribution is 6.04. The summed E-state index contributed by atoms with van der Waals surface area (Å²) in [6.07, 6.45) is 10.2. The number of fused-ring (bicyclic) bond motifs is 7. The van der Waals surface area contributed by atoms with Gasteiger partial charge in [-0.3, -0.25) is 9.59 Å². The lowest BCUT2D eigenvalue weighted by atomic mass is 9.34. The van der Waals surface area contributed by atoms with E-state index in [0.717, 1.165) is 50.5 Å². The Morgan fingerprint density at radius 2 is 1.57 bits per heavy atom. The van der Waals surface area contributed by atoms with Gasteiger partial charge in [0.2, 0.25) is 0 Å². The summed E-state index contributed by atoms with van der Waals surface area (Å²) < 4.78 is 0. The van der Waals surface area contributed by atoms with E-state index >= 15 is 0 Å². The third-order valence-electron chi connectivity index (χ3n) is 12.1. The van der Waals surface area contributed by atoms with Crippen LogP contribution in [0, 0.1) is 72.9 Å². The Balaban J connectivity index is 1.70. The maximum atomic E-state index is 14.2. The number of hydrogen-bond donors (Lipinski definition) is 0. The first-order valence-corrected chi connectivity index (χ1v) is 13.5. The van der Waals surface area contributed by atoms with Crippen molar-refractivity contribution in [2.75, 3.05) is 0 Å². The lowest BCUT2D eigenvalue weighted by molar-refractivity contribution is -0.162. The SMILES string of the molecule is CC1(C)CC[C@]2(C#N)CC[C@]3(C)C(C(=O)C=C4[C@@]5(C)C=C(C#N)C(=O)C(C)(C)[C@@H]5CC[C@]43C)[C@H]2C1. The van der Waals surface area contributed by atoms with Crippen LogP contribution in [0.3, 0.4) is 0 Å². The molecule has 1 unspecified atom stereocenters. The minimum absolute atomic E-state index is 0.0577. The molecule has 0 aromatic carbocycles. The Bertz CT molecular complexity index is 1180. The van der Waals surface area contributed by atoms with Gasteiger partial charge in [0.05, 0.1) is 17.1 Å². The standard InChI is InChI=1S/C31H40N2O2/c1-26(2)10-12-31(18-33)13-11-30(7)24(20(31)16-26)21(34)14-23-28(5)15-19(17-32)25(35)27(3,4)22(28)8-9-29(23,30)6/h14-15,20,22,24H,8-13,16H2,1-7H3/t20-,22+,24?,28+,29-,30-,31-/m1/s1. The first-order chi connectivity index (χ1) is 16.1. The van der Waals surface area contributed by atoms with Crippen molar-refractivity contribution in [1.29, 1.82) is 10.5 Å². The zero-order valence-electron chi connectivity index (χ0n) is 22.5. The predicted octanol–water partition coefficient (Wildman–Crippen LogP) is 6.73. The number of Topliss-reactive ketones (excluding diaryl/α,β-unsaturated/α-hetero) is 1. The normalized spacial score (nSPS) is 47.5. The van der Waals surface area contributed by atoms with Crippen LogP contribution in [0.25, 0.3) is 0 Å². The number of carbonyl (C=O) groups excluding carboxylic acids is 2. The number of rotatable bonds is 0. The quantitative estimate of drug-likeness (QED) is 0.391. The van der Waals surface area contributed by atoms with E-state index in [1.54, 1.807) is 0 Å². The van der Waals surface area contributed by atoms with Gasteiger partial charge in [-0.25, -0.2) is 0 Å². The summed E-state index contributed by atoms with van der Waals surface area (Å²) in [5.74, 6) is 0.0887. The molecule has 0 bridgehead atoms. The van der Waals surface area contributed by atoms with Gasteiger partial charge in [0, 0.05) is 16.7 Å². The summed E-state index contributed by atoms with van der Waals surface area (Å²) in [5, 5.41) is 20.2. The van der Waals surface area contributed by atoms with Crippen molar-refractivity contribution < 1.29 is 9.59 Å². The fraction of sp³-hybridized carbons (Fsp3) is 0.742. The molecule has 0 radical (unpaired) electrons. The average molecular weight is 473 g/mol. The number of nitrogens with zero attached hydrogens (tertiary/aromatic N) is 2. The van der Waals surface area contributed by atoms with Gasteiger partial charge in [-0.15, -0.1) is 0 Å². The van der Waals surface area contributed by atoms with E-state index in [0.29, 0.717) is 0 Å². The van der Waals surface area contributed by atoms with E-state index in [1.807, 2.05) is 26.0 Å². The average Bonchev–Trinajstić information content (AvgIpc) is 2.77. The summed E-state index contributed by atoms with van der Waals surface area (Å²) in [5.41, 5.74) is -0.512. The smallest absolute Gasteiger partial charge is 0.178 e. The number of carbonyl (C=O) groups is 2. The molecule has 3 saturated carbocycles. The van der Waals surface area contributed by atoms with E-state index < -0.39 is 16.2 Å². The van der Waals surface area contributed by atoms with Crippen molar-refractivity contribution in [3.8, 4) is 12.1 Å². The molecule has 7 atom stereocenters. The fourth-order valence-electron chi connectivity index (χ4n) is 9.83. The Hall–Kier alpha value is -2.20. The van der Waals surface area contributed by atoms with E-state index in [1.165, 1.54) is 0 Å². The van der Waals surface area contributed by atoms with Crippen LogP contribution in [0.2, 0.25) is 0 Å². The van der Waals surface area contributed by atoms with Gasteiger partial charge in [0.1, 0.15) is 6.07 Å². The van der Waals surface area contributed by atoms with Crippen LogP contribution in [-0.2, 0) is 9.59 Å². The van der Waals surface area contributed by atoms with Crippen molar-refractivity contribution >= 4 is 11.6 Å². The molecule has 0 N–H and O–H groups in total. The first kappa shape index (κ1) is 24.5. The van der Waals surface area contributed by atoms with Crippen molar-refractivity contribution in [3.05, 3.63) is 23.3 Å². The Morgan fingerprint density at radius 1 is 0.914 bits per heavy atom. The minimum Gasteiger partial charge on any atom is -0.295 e. The third kappa shape index (κ3) is 2.84. The number of hydrogen-bond acceptors (Lipinski definition) is 4. The summed E-state index contributed by atoms with van der Waals surface area (Å²) in [4.78, 5) is 27.4. The van der Waals surface area contributed by atoms with Gasteiger partial charge in [-0.1, -0.05) is 60.1 Å². The Labute approximate surface area is 210 Å². The van der Waals surface area contributed by atoms with Gasteiger partial charge in [0.25, 0.3) is 0 Å². The van der Waals surface area contributed by atoms with Crippen LogP contribution >= 0.6 is 0 Å². The van der Waals surface area contributed by atoms with E-state index in [9.17, 15) is 20.1 Å². The molecule has 0 heterocycles. The largest absolute Gasteiger partial charge is 0.295 e. The molecule has 4 nitrogen and oxygen atoms in total.